The molecule has 2 amide bonds. The second-order valence-electron chi connectivity index (χ2n) is 8.17. The fraction of sp³-hybridized carbons (Fsp3) is 0.440. The molecule has 0 saturated heterocycles. The first kappa shape index (κ1) is 23.9. The van der Waals surface area contributed by atoms with Crippen molar-refractivity contribution in [1.82, 2.24) is 10.2 Å². The fourth-order valence-corrected chi connectivity index (χ4v) is 3.67. The van der Waals surface area contributed by atoms with Crippen LogP contribution in [0.5, 0.6) is 0 Å². The normalized spacial score (nSPS) is 11.9. The minimum Gasteiger partial charge on any atom is -0.354 e. The molecule has 2 aromatic rings. The van der Waals surface area contributed by atoms with Crippen molar-refractivity contribution < 1.29 is 9.59 Å². The van der Waals surface area contributed by atoms with Crippen LogP contribution in [0.1, 0.15) is 50.3 Å². The van der Waals surface area contributed by atoms with E-state index in [1.165, 1.54) is 0 Å². The van der Waals surface area contributed by atoms with E-state index >= 15 is 0 Å². The molecule has 0 aliphatic carbocycles. The smallest absolute Gasteiger partial charge is 0.242 e. The number of nitrogens with one attached hydrogen (secondary N) is 1. The summed E-state index contributed by atoms with van der Waals surface area (Å²) < 4.78 is 0. The summed E-state index contributed by atoms with van der Waals surface area (Å²) in [4.78, 5) is 27.9. The van der Waals surface area contributed by atoms with Gasteiger partial charge in [-0.2, -0.15) is 0 Å². The van der Waals surface area contributed by atoms with Gasteiger partial charge in [-0.1, -0.05) is 80.4 Å². The SMILES string of the molecule is CC[C@@H](C(=O)NCC(C)C)N(Cc1cccc(C)c1)C(=O)CCc1ccccc1Cl. The summed E-state index contributed by atoms with van der Waals surface area (Å²) in [6, 6.07) is 15.1. The van der Waals surface area contributed by atoms with Crippen LogP contribution in [0.15, 0.2) is 48.5 Å². The number of amides is 2. The molecule has 30 heavy (non-hydrogen) atoms. The zero-order valence-corrected chi connectivity index (χ0v) is 19.2. The number of carbonyl (C=O) groups is 2. The van der Waals surface area contributed by atoms with Crippen LogP contribution in [0.2, 0.25) is 5.02 Å². The van der Waals surface area contributed by atoms with Crippen LogP contribution in [-0.4, -0.2) is 29.3 Å². The summed E-state index contributed by atoms with van der Waals surface area (Å²) in [5, 5.41) is 3.66. The molecule has 5 heteroatoms. The van der Waals surface area contributed by atoms with E-state index in [0.717, 1.165) is 16.7 Å². The Morgan fingerprint density at radius 1 is 1.10 bits per heavy atom. The first-order valence-corrected chi connectivity index (χ1v) is 11.1. The Morgan fingerprint density at radius 3 is 2.47 bits per heavy atom. The van der Waals surface area contributed by atoms with E-state index in [-0.39, 0.29) is 11.8 Å². The van der Waals surface area contributed by atoms with Crippen LogP contribution >= 0.6 is 11.6 Å². The summed E-state index contributed by atoms with van der Waals surface area (Å²) in [5.41, 5.74) is 3.10. The molecule has 0 heterocycles. The second-order valence-corrected chi connectivity index (χ2v) is 8.57. The lowest BCUT2D eigenvalue weighted by Gasteiger charge is -2.31. The first-order valence-electron chi connectivity index (χ1n) is 10.7. The van der Waals surface area contributed by atoms with Crippen LogP contribution < -0.4 is 5.32 Å². The molecular formula is C25H33ClN2O2. The molecule has 0 radical (unpaired) electrons. The van der Waals surface area contributed by atoms with E-state index in [1.807, 2.05) is 56.3 Å². The zero-order valence-electron chi connectivity index (χ0n) is 18.5. The molecule has 0 aliphatic heterocycles. The largest absolute Gasteiger partial charge is 0.354 e. The lowest BCUT2D eigenvalue weighted by Crippen LogP contribution is -2.49. The van der Waals surface area contributed by atoms with Gasteiger partial charge in [0.05, 0.1) is 0 Å². The number of aryl methyl sites for hydroxylation is 2. The Balaban J connectivity index is 2.21. The predicted molar refractivity (Wildman–Crippen MR) is 123 cm³/mol. The molecule has 0 unspecified atom stereocenters. The van der Waals surface area contributed by atoms with Gasteiger partial charge in [-0.3, -0.25) is 9.59 Å². The van der Waals surface area contributed by atoms with Gasteiger partial charge >= 0.3 is 0 Å². The van der Waals surface area contributed by atoms with Crippen molar-refractivity contribution in [2.75, 3.05) is 6.54 Å². The summed E-state index contributed by atoms with van der Waals surface area (Å²) in [5.74, 6) is 0.223. The minimum atomic E-state index is -0.497. The Kier molecular flexibility index (Phi) is 9.38. The third kappa shape index (κ3) is 7.17. The third-order valence-corrected chi connectivity index (χ3v) is 5.44. The van der Waals surface area contributed by atoms with Gasteiger partial charge in [0.15, 0.2) is 0 Å². The molecular weight excluding hydrogens is 396 g/mol. The summed E-state index contributed by atoms with van der Waals surface area (Å²) in [6.45, 7) is 9.10. The standard InChI is InChI=1S/C25H33ClN2O2/c1-5-23(25(30)27-16-18(2)3)28(17-20-10-8-9-19(4)15-20)24(29)14-13-21-11-6-7-12-22(21)26/h6-12,15,18,23H,5,13-14,16-17H2,1-4H3,(H,27,30)/t23-/m0/s1. The summed E-state index contributed by atoms with van der Waals surface area (Å²) in [7, 11) is 0. The average Bonchev–Trinajstić information content (AvgIpc) is 2.71. The number of hydrogen-bond acceptors (Lipinski definition) is 2. The van der Waals surface area contributed by atoms with Gasteiger partial charge in [-0.05, 0) is 42.9 Å². The molecule has 0 bridgehead atoms. The Morgan fingerprint density at radius 2 is 1.83 bits per heavy atom. The number of benzene rings is 2. The molecule has 2 rings (SSSR count). The van der Waals surface area contributed by atoms with Gasteiger partial charge in [-0.15, -0.1) is 0 Å². The molecule has 0 spiro atoms. The number of halogens is 1. The maximum absolute atomic E-state index is 13.3. The van der Waals surface area contributed by atoms with Gasteiger partial charge in [0.25, 0.3) is 0 Å². The Bertz CT molecular complexity index is 851. The van der Waals surface area contributed by atoms with Crippen molar-refractivity contribution in [3.63, 3.8) is 0 Å². The number of nitrogens with zero attached hydrogens (tertiary/aromatic N) is 1. The van der Waals surface area contributed by atoms with Crippen molar-refractivity contribution >= 4 is 23.4 Å². The maximum atomic E-state index is 13.3. The van der Waals surface area contributed by atoms with Gasteiger partial charge in [0.1, 0.15) is 6.04 Å². The lowest BCUT2D eigenvalue weighted by molar-refractivity contribution is -0.141. The highest BCUT2D eigenvalue weighted by Crippen LogP contribution is 2.19. The molecule has 4 nitrogen and oxygen atoms in total. The Labute approximate surface area is 185 Å². The summed E-state index contributed by atoms with van der Waals surface area (Å²) >= 11 is 6.26. The van der Waals surface area contributed by atoms with Gasteiger partial charge < -0.3 is 10.2 Å². The minimum absolute atomic E-state index is 0.0389. The second kappa shape index (κ2) is 11.8. The predicted octanol–water partition coefficient (Wildman–Crippen LogP) is 5.16. The average molecular weight is 429 g/mol. The van der Waals surface area contributed by atoms with E-state index < -0.39 is 6.04 Å². The fourth-order valence-electron chi connectivity index (χ4n) is 3.44. The Hall–Kier alpha value is -2.33. The molecule has 1 atom stereocenters. The highest BCUT2D eigenvalue weighted by Gasteiger charge is 2.28. The quantitative estimate of drug-likeness (QED) is 0.568. The topological polar surface area (TPSA) is 49.4 Å². The van der Waals surface area contributed by atoms with Crippen LogP contribution in [0.3, 0.4) is 0 Å². The molecule has 0 saturated carbocycles. The van der Waals surface area contributed by atoms with Crippen molar-refractivity contribution in [1.29, 1.82) is 0 Å². The zero-order chi connectivity index (χ0) is 22.1. The van der Waals surface area contributed by atoms with E-state index in [9.17, 15) is 9.59 Å². The van der Waals surface area contributed by atoms with Gasteiger partial charge in [0, 0.05) is 24.5 Å². The van der Waals surface area contributed by atoms with Crippen molar-refractivity contribution in [3.8, 4) is 0 Å². The molecule has 0 aromatic heterocycles. The van der Waals surface area contributed by atoms with Crippen molar-refractivity contribution in [2.24, 2.45) is 5.92 Å². The molecule has 0 aliphatic rings. The monoisotopic (exact) mass is 428 g/mol. The lowest BCUT2D eigenvalue weighted by atomic mass is 10.0. The van der Waals surface area contributed by atoms with Gasteiger partial charge in [-0.25, -0.2) is 0 Å². The first-order chi connectivity index (χ1) is 14.3. The van der Waals surface area contributed by atoms with Crippen LogP contribution in [0.25, 0.3) is 0 Å². The number of carbonyl (C=O) groups excluding carboxylic acids is 2. The van der Waals surface area contributed by atoms with Crippen molar-refractivity contribution in [3.05, 3.63) is 70.2 Å². The molecule has 1 N–H and O–H groups in total. The molecule has 0 fully saturated rings. The maximum Gasteiger partial charge on any atom is 0.242 e. The van der Waals surface area contributed by atoms with Crippen LogP contribution in [0.4, 0.5) is 0 Å². The van der Waals surface area contributed by atoms with Crippen LogP contribution in [0, 0.1) is 12.8 Å². The van der Waals surface area contributed by atoms with Crippen molar-refractivity contribution in [2.45, 2.75) is 59.5 Å². The number of rotatable bonds is 10. The highest BCUT2D eigenvalue weighted by atomic mass is 35.5. The van der Waals surface area contributed by atoms with E-state index in [4.69, 9.17) is 11.6 Å². The van der Waals surface area contributed by atoms with Crippen LogP contribution in [-0.2, 0) is 22.6 Å². The molecule has 162 valence electrons. The summed E-state index contributed by atoms with van der Waals surface area (Å²) in [6.07, 6.45) is 1.42. The molecule has 2 aromatic carbocycles. The highest BCUT2D eigenvalue weighted by molar-refractivity contribution is 6.31. The third-order valence-electron chi connectivity index (χ3n) is 5.07. The van der Waals surface area contributed by atoms with E-state index in [1.54, 1.807) is 4.90 Å². The van der Waals surface area contributed by atoms with E-state index in [2.05, 4.69) is 25.2 Å². The van der Waals surface area contributed by atoms with Gasteiger partial charge in [0.2, 0.25) is 11.8 Å². The van der Waals surface area contributed by atoms with E-state index in [0.29, 0.717) is 43.3 Å². The number of hydrogen-bond donors (Lipinski definition) is 1.